The molecule has 0 unspecified atom stereocenters. The molecular formula is C19H27NO3. The first-order valence-corrected chi connectivity index (χ1v) is 8.23. The number of nitrogens with zero attached hydrogens (tertiary/aromatic N) is 1. The number of carbonyl (C=O) groups is 2. The zero-order valence-electron chi connectivity index (χ0n) is 14.8. The molecule has 0 bridgehead atoms. The Labute approximate surface area is 138 Å². The fourth-order valence-electron chi connectivity index (χ4n) is 2.88. The van der Waals surface area contributed by atoms with Crippen molar-refractivity contribution in [2.45, 2.75) is 51.4 Å². The first-order chi connectivity index (χ1) is 10.7. The maximum Gasteiger partial charge on any atom is 0.325 e. The molecule has 0 heterocycles. The number of amides is 1. The fourth-order valence-corrected chi connectivity index (χ4v) is 2.88. The fraction of sp³-hybridized carbons (Fsp3) is 0.579. The summed E-state index contributed by atoms with van der Waals surface area (Å²) < 4.78 is 4.92. The van der Waals surface area contributed by atoms with Crippen LogP contribution < -0.4 is 0 Å². The van der Waals surface area contributed by atoms with E-state index >= 15 is 0 Å². The Bertz CT molecular complexity index is 580. The van der Waals surface area contributed by atoms with Crippen molar-refractivity contribution >= 4 is 11.9 Å². The van der Waals surface area contributed by atoms with Gasteiger partial charge in [0.05, 0.1) is 12.0 Å². The molecule has 1 aliphatic carbocycles. The molecule has 2 rings (SSSR count). The third-order valence-corrected chi connectivity index (χ3v) is 4.48. The van der Waals surface area contributed by atoms with E-state index < -0.39 is 5.41 Å². The summed E-state index contributed by atoms with van der Waals surface area (Å²) in [4.78, 5) is 25.8. The molecule has 1 aromatic carbocycles. The van der Waals surface area contributed by atoms with Crippen LogP contribution in [-0.2, 0) is 25.2 Å². The largest absolute Gasteiger partial charge is 0.465 e. The number of hydrogen-bond donors (Lipinski definition) is 0. The summed E-state index contributed by atoms with van der Waals surface area (Å²) in [5, 5.41) is 0. The van der Waals surface area contributed by atoms with Crippen LogP contribution in [0.5, 0.6) is 0 Å². The van der Waals surface area contributed by atoms with Gasteiger partial charge in [0.15, 0.2) is 0 Å². The zero-order valence-corrected chi connectivity index (χ0v) is 14.8. The number of esters is 1. The molecular weight excluding hydrogens is 290 g/mol. The molecule has 0 spiro atoms. The predicted octanol–water partition coefficient (Wildman–Crippen LogP) is 3.04. The normalized spacial score (nSPS) is 15.9. The first kappa shape index (κ1) is 17.5. The highest BCUT2D eigenvalue weighted by atomic mass is 16.5. The van der Waals surface area contributed by atoms with Crippen LogP contribution in [0.2, 0.25) is 0 Å². The van der Waals surface area contributed by atoms with Gasteiger partial charge < -0.3 is 9.64 Å². The number of rotatable bonds is 5. The molecule has 0 N–H and O–H groups in total. The second-order valence-corrected chi connectivity index (χ2v) is 7.38. The van der Waals surface area contributed by atoms with E-state index in [1.54, 1.807) is 14.0 Å². The second-order valence-electron chi connectivity index (χ2n) is 7.38. The summed E-state index contributed by atoms with van der Waals surface area (Å²) >= 11 is 0. The summed E-state index contributed by atoms with van der Waals surface area (Å²) in [6.07, 6.45) is 1.68. The van der Waals surface area contributed by atoms with E-state index in [0.29, 0.717) is 6.61 Å². The summed E-state index contributed by atoms with van der Waals surface area (Å²) in [6.45, 7) is 8.63. The Balaban J connectivity index is 2.12. The molecule has 126 valence electrons. The minimum atomic E-state index is -0.447. The maximum atomic E-state index is 12.8. The van der Waals surface area contributed by atoms with Gasteiger partial charge >= 0.3 is 5.97 Å². The van der Waals surface area contributed by atoms with Gasteiger partial charge in [0.25, 0.3) is 0 Å². The Morgan fingerprint density at radius 3 is 2.17 bits per heavy atom. The number of benzene rings is 1. The molecule has 0 aromatic heterocycles. The van der Waals surface area contributed by atoms with Gasteiger partial charge in [-0.1, -0.05) is 45.0 Å². The molecule has 4 nitrogen and oxygen atoms in total. The van der Waals surface area contributed by atoms with Crippen molar-refractivity contribution in [3.63, 3.8) is 0 Å². The van der Waals surface area contributed by atoms with Crippen LogP contribution >= 0.6 is 0 Å². The Hall–Kier alpha value is -1.84. The van der Waals surface area contributed by atoms with Crippen LogP contribution in [0.15, 0.2) is 24.3 Å². The number of carbonyl (C=O) groups excluding carboxylic acids is 2. The minimum Gasteiger partial charge on any atom is -0.465 e. The van der Waals surface area contributed by atoms with Gasteiger partial charge in [-0.2, -0.15) is 0 Å². The lowest BCUT2D eigenvalue weighted by Crippen LogP contribution is -2.40. The molecule has 1 fully saturated rings. The smallest absolute Gasteiger partial charge is 0.325 e. The van der Waals surface area contributed by atoms with Crippen molar-refractivity contribution in [3.05, 3.63) is 35.4 Å². The third kappa shape index (κ3) is 3.74. The minimum absolute atomic E-state index is 0.00839. The van der Waals surface area contributed by atoms with Gasteiger partial charge in [-0.15, -0.1) is 0 Å². The van der Waals surface area contributed by atoms with E-state index in [-0.39, 0.29) is 23.8 Å². The van der Waals surface area contributed by atoms with Crippen molar-refractivity contribution in [2.24, 2.45) is 0 Å². The van der Waals surface area contributed by atoms with Gasteiger partial charge in [-0.3, -0.25) is 9.59 Å². The average molecular weight is 317 g/mol. The van der Waals surface area contributed by atoms with Crippen molar-refractivity contribution < 1.29 is 14.3 Å². The van der Waals surface area contributed by atoms with Crippen molar-refractivity contribution in [2.75, 3.05) is 20.2 Å². The van der Waals surface area contributed by atoms with Crippen molar-refractivity contribution in [1.29, 1.82) is 0 Å². The molecule has 0 saturated heterocycles. The zero-order chi connectivity index (χ0) is 17.3. The van der Waals surface area contributed by atoms with E-state index in [2.05, 4.69) is 45.0 Å². The Morgan fingerprint density at radius 1 is 1.17 bits per heavy atom. The molecule has 1 amide bonds. The van der Waals surface area contributed by atoms with Gasteiger partial charge in [-0.25, -0.2) is 0 Å². The second kappa shape index (κ2) is 6.34. The van der Waals surface area contributed by atoms with Crippen LogP contribution in [-0.4, -0.2) is 37.0 Å². The van der Waals surface area contributed by atoms with Crippen LogP contribution in [0.3, 0.4) is 0 Å². The summed E-state index contributed by atoms with van der Waals surface area (Å²) in [6, 6.07) is 8.33. The van der Waals surface area contributed by atoms with E-state index in [0.717, 1.165) is 18.4 Å². The van der Waals surface area contributed by atoms with Gasteiger partial charge in [-0.05, 0) is 36.3 Å². The summed E-state index contributed by atoms with van der Waals surface area (Å²) in [5.74, 6) is -0.351. The topological polar surface area (TPSA) is 46.6 Å². The van der Waals surface area contributed by atoms with E-state index in [1.807, 2.05) is 0 Å². The van der Waals surface area contributed by atoms with Gasteiger partial charge in [0, 0.05) is 7.05 Å². The monoisotopic (exact) mass is 317 g/mol. The maximum absolute atomic E-state index is 12.8. The predicted molar refractivity (Wildman–Crippen MR) is 90.3 cm³/mol. The molecule has 1 saturated carbocycles. The Morgan fingerprint density at radius 2 is 1.74 bits per heavy atom. The standard InChI is InChI=1S/C19H27NO3/c1-6-23-16(21)13-20(5)17(22)19(11-12-19)15-9-7-14(8-10-15)18(2,3)4/h7-10H,6,11-13H2,1-5H3. The molecule has 1 aromatic rings. The van der Waals surface area contributed by atoms with Gasteiger partial charge in [0.2, 0.25) is 5.91 Å². The lowest BCUT2D eigenvalue weighted by atomic mass is 9.84. The average Bonchev–Trinajstić information content (AvgIpc) is 3.27. The quantitative estimate of drug-likeness (QED) is 0.784. The lowest BCUT2D eigenvalue weighted by Gasteiger charge is -2.24. The van der Waals surface area contributed by atoms with E-state index in [1.165, 1.54) is 10.5 Å². The first-order valence-electron chi connectivity index (χ1n) is 8.23. The van der Waals surface area contributed by atoms with E-state index in [4.69, 9.17) is 4.74 Å². The van der Waals surface area contributed by atoms with Crippen molar-refractivity contribution in [3.8, 4) is 0 Å². The van der Waals surface area contributed by atoms with Crippen LogP contribution in [0.4, 0.5) is 0 Å². The third-order valence-electron chi connectivity index (χ3n) is 4.48. The molecule has 0 atom stereocenters. The highest BCUT2D eigenvalue weighted by Crippen LogP contribution is 2.49. The molecule has 0 radical (unpaired) electrons. The summed E-state index contributed by atoms with van der Waals surface area (Å²) in [7, 11) is 1.67. The number of hydrogen-bond acceptors (Lipinski definition) is 3. The molecule has 4 heteroatoms. The highest BCUT2D eigenvalue weighted by Gasteiger charge is 2.52. The molecule has 0 aliphatic heterocycles. The SMILES string of the molecule is CCOC(=O)CN(C)C(=O)C1(c2ccc(C(C)(C)C)cc2)CC1. The van der Waals surface area contributed by atoms with Crippen LogP contribution in [0, 0.1) is 0 Å². The molecule has 23 heavy (non-hydrogen) atoms. The van der Waals surface area contributed by atoms with Crippen molar-refractivity contribution in [1.82, 2.24) is 4.90 Å². The number of ether oxygens (including phenoxy) is 1. The number of likely N-dealkylation sites (N-methyl/N-ethyl adjacent to an activating group) is 1. The van der Waals surface area contributed by atoms with Crippen LogP contribution in [0.1, 0.15) is 51.7 Å². The highest BCUT2D eigenvalue weighted by molar-refractivity contribution is 5.93. The Kier molecular flexibility index (Phi) is 4.83. The molecule has 1 aliphatic rings. The van der Waals surface area contributed by atoms with Crippen LogP contribution in [0.25, 0.3) is 0 Å². The van der Waals surface area contributed by atoms with Gasteiger partial charge in [0.1, 0.15) is 6.54 Å². The van der Waals surface area contributed by atoms with E-state index in [9.17, 15) is 9.59 Å². The summed E-state index contributed by atoms with van der Waals surface area (Å²) in [5.41, 5.74) is 1.95. The lowest BCUT2D eigenvalue weighted by molar-refractivity contribution is -0.148.